The Bertz CT molecular complexity index is 1060. The van der Waals surface area contributed by atoms with Crippen molar-refractivity contribution in [2.24, 2.45) is 0 Å². The third kappa shape index (κ3) is 4.56. The zero-order chi connectivity index (χ0) is 21.8. The van der Waals surface area contributed by atoms with Crippen LogP contribution in [-0.4, -0.2) is 42.5 Å². The van der Waals surface area contributed by atoms with Crippen molar-refractivity contribution in [3.63, 3.8) is 0 Å². The van der Waals surface area contributed by atoms with Crippen LogP contribution in [0.5, 0.6) is 11.5 Å². The van der Waals surface area contributed by atoms with Crippen LogP contribution in [0.2, 0.25) is 0 Å². The number of furan rings is 1. The molecule has 3 heterocycles. The first-order chi connectivity index (χ1) is 15.1. The van der Waals surface area contributed by atoms with Crippen molar-refractivity contribution in [3.05, 3.63) is 59.0 Å². The van der Waals surface area contributed by atoms with Gasteiger partial charge >= 0.3 is 0 Å². The molecule has 0 aliphatic carbocycles. The Balaban J connectivity index is 1.44. The van der Waals surface area contributed by atoms with Gasteiger partial charge < -0.3 is 18.8 Å². The summed E-state index contributed by atoms with van der Waals surface area (Å²) in [4.78, 5) is 31.4. The number of hydrogen-bond acceptors (Lipinski definition) is 7. The highest BCUT2D eigenvalue weighted by molar-refractivity contribution is 7.14. The predicted molar refractivity (Wildman–Crippen MR) is 116 cm³/mol. The number of rotatable bonds is 7. The van der Waals surface area contributed by atoms with Crippen LogP contribution in [0.4, 0.5) is 5.13 Å². The highest BCUT2D eigenvalue weighted by Gasteiger charge is 2.32. The molecule has 1 aliphatic rings. The number of aromatic nitrogens is 1. The lowest BCUT2D eigenvalue weighted by atomic mass is 10.0. The summed E-state index contributed by atoms with van der Waals surface area (Å²) in [5.74, 6) is 1.25. The molecule has 2 aromatic heterocycles. The van der Waals surface area contributed by atoms with Gasteiger partial charge in [-0.2, -0.15) is 0 Å². The van der Waals surface area contributed by atoms with E-state index in [1.165, 1.54) is 17.6 Å². The second kappa shape index (κ2) is 9.22. The number of nitrogens with zero attached hydrogens (tertiary/aromatic N) is 2. The number of hydrogen-bond donors (Lipinski definition) is 1. The maximum absolute atomic E-state index is 13.1. The third-order valence-corrected chi connectivity index (χ3v) is 6.03. The highest BCUT2D eigenvalue weighted by atomic mass is 32.1. The van der Waals surface area contributed by atoms with Gasteiger partial charge in [-0.3, -0.25) is 14.9 Å². The summed E-state index contributed by atoms with van der Waals surface area (Å²) in [7, 11) is 3.23. The fourth-order valence-electron chi connectivity index (χ4n) is 3.75. The molecule has 8 nitrogen and oxygen atoms in total. The molecule has 9 heteroatoms. The van der Waals surface area contributed by atoms with Gasteiger partial charge in [-0.25, -0.2) is 4.98 Å². The number of benzene rings is 1. The minimum Gasteiger partial charge on any atom is -0.497 e. The number of amides is 2. The highest BCUT2D eigenvalue weighted by Crippen LogP contribution is 2.39. The topological polar surface area (TPSA) is 93.9 Å². The van der Waals surface area contributed by atoms with Crippen LogP contribution in [0.25, 0.3) is 0 Å². The van der Waals surface area contributed by atoms with Crippen LogP contribution >= 0.6 is 11.3 Å². The number of carbonyl (C=O) groups is 2. The molecule has 0 bridgehead atoms. The van der Waals surface area contributed by atoms with Gasteiger partial charge in [0.25, 0.3) is 5.91 Å². The van der Waals surface area contributed by atoms with Gasteiger partial charge in [0.2, 0.25) is 5.91 Å². The molecular weight excluding hydrogens is 418 g/mol. The van der Waals surface area contributed by atoms with Gasteiger partial charge in [0.15, 0.2) is 10.9 Å². The predicted octanol–water partition coefficient (Wildman–Crippen LogP) is 3.91. The lowest BCUT2D eigenvalue weighted by Crippen LogP contribution is -2.32. The SMILES string of the molecule is COc1ccc(C2CCCN2C(=O)Cc2csc(NC(=O)c3ccco3)n2)c(OC)c1. The van der Waals surface area contributed by atoms with Crippen molar-refractivity contribution in [2.45, 2.75) is 25.3 Å². The van der Waals surface area contributed by atoms with E-state index in [1.807, 2.05) is 23.1 Å². The van der Waals surface area contributed by atoms with Gasteiger partial charge in [0.1, 0.15) is 11.5 Å². The molecule has 2 amide bonds. The molecule has 31 heavy (non-hydrogen) atoms. The minimum atomic E-state index is -0.372. The Morgan fingerprint density at radius 2 is 2.16 bits per heavy atom. The van der Waals surface area contributed by atoms with Crippen LogP contribution < -0.4 is 14.8 Å². The maximum Gasteiger partial charge on any atom is 0.293 e. The Morgan fingerprint density at radius 1 is 1.29 bits per heavy atom. The van der Waals surface area contributed by atoms with Crippen LogP contribution in [-0.2, 0) is 11.2 Å². The molecule has 1 atom stereocenters. The van der Waals surface area contributed by atoms with Crippen LogP contribution in [0, 0.1) is 0 Å². The molecule has 1 saturated heterocycles. The largest absolute Gasteiger partial charge is 0.497 e. The first-order valence-electron chi connectivity index (χ1n) is 9.89. The fourth-order valence-corrected chi connectivity index (χ4v) is 4.46. The Hall–Kier alpha value is -3.33. The molecule has 1 aromatic carbocycles. The fraction of sp³-hybridized carbons (Fsp3) is 0.318. The molecule has 3 aromatic rings. The van der Waals surface area contributed by atoms with E-state index < -0.39 is 0 Å². The van der Waals surface area contributed by atoms with Crippen LogP contribution in [0.1, 0.15) is 40.7 Å². The normalized spacial score (nSPS) is 15.7. The molecule has 0 spiro atoms. The second-order valence-corrected chi connectivity index (χ2v) is 7.96. The summed E-state index contributed by atoms with van der Waals surface area (Å²) in [6, 6.07) is 8.85. The summed E-state index contributed by atoms with van der Waals surface area (Å²) in [6.45, 7) is 0.685. The van der Waals surface area contributed by atoms with Crippen molar-refractivity contribution >= 4 is 28.3 Å². The van der Waals surface area contributed by atoms with E-state index in [2.05, 4.69) is 10.3 Å². The van der Waals surface area contributed by atoms with Crippen molar-refractivity contribution in [1.82, 2.24) is 9.88 Å². The second-order valence-electron chi connectivity index (χ2n) is 7.11. The summed E-state index contributed by atoms with van der Waals surface area (Å²) in [5.41, 5.74) is 1.59. The van der Waals surface area contributed by atoms with Crippen LogP contribution in [0.3, 0.4) is 0 Å². The smallest absolute Gasteiger partial charge is 0.293 e. The maximum atomic E-state index is 13.1. The van der Waals surface area contributed by atoms with Gasteiger partial charge in [0.05, 0.1) is 38.6 Å². The molecule has 1 unspecified atom stereocenters. The molecular formula is C22H23N3O5S. The minimum absolute atomic E-state index is 0.00502. The molecule has 1 aliphatic heterocycles. The van der Waals surface area contributed by atoms with E-state index >= 15 is 0 Å². The lowest BCUT2D eigenvalue weighted by molar-refractivity contribution is -0.131. The first kappa shape index (κ1) is 20.9. The average molecular weight is 442 g/mol. The van der Waals surface area contributed by atoms with Crippen molar-refractivity contribution in [2.75, 3.05) is 26.1 Å². The van der Waals surface area contributed by atoms with Gasteiger partial charge in [-0.15, -0.1) is 11.3 Å². The average Bonchev–Trinajstić information content (AvgIpc) is 3.54. The van der Waals surface area contributed by atoms with E-state index in [4.69, 9.17) is 13.9 Å². The van der Waals surface area contributed by atoms with Gasteiger partial charge in [0, 0.05) is 23.6 Å². The molecule has 0 saturated carbocycles. The van der Waals surface area contributed by atoms with E-state index in [0.29, 0.717) is 28.9 Å². The van der Waals surface area contributed by atoms with E-state index in [1.54, 1.807) is 31.7 Å². The first-order valence-corrected chi connectivity index (χ1v) is 10.8. The van der Waals surface area contributed by atoms with Crippen molar-refractivity contribution < 1.29 is 23.5 Å². The number of anilines is 1. The Labute approximate surface area is 183 Å². The molecule has 1 N–H and O–H groups in total. The van der Waals surface area contributed by atoms with E-state index in [-0.39, 0.29) is 30.0 Å². The number of ether oxygens (including phenoxy) is 2. The standard InChI is InChI=1S/C22H23N3O5S/c1-28-15-7-8-16(19(12-15)29-2)17-5-3-9-25(17)20(26)11-14-13-31-22(23-14)24-21(27)18-6-4-10-30-18/h4,6-8,10,12-13,17H,3,5,9,11H2,1-2H3,(H,23,24,27). The zero-order valence-corrected chi connectivity index (χ0v) is 18.1. The zero-order valence-electron chi connectivity index (χ0n) is 17.3. The summed E-state index contributed by atoms with van der Waals surface area (Å²) >= 11 is 1.28. The van der Waals surface area contributed by atoms with Crippen LogP contribution in [0.15, 0.2) is 46.4 Å². The number of methoxy groups -OCH3 is 2. The Morgan fingerprint density at radius 3 is 2.90 bits per heavy atom. The third-order valence-electron chi connectivity index (χ3n) is 5.22. The summed E-state index contributed by atoms with van der Waals surface area (Å²) in [6.07, 6.45) is 3.40. The quantitative estimate of drug-likeness (QED) is 0.597. The van der Waals surface area contributed by atoms with Gasteiger partial charge in [-0.05, 0) is 37.1 Å². The molecule has 162 valence electrons. The van der Waals surface area contributed by atoms with Crippen molar-refractivity contribution in [1.29, 1.82) is 0 Å². The van der Waals surface area contributed by atoms with E-state index in [0.717, 1.165) is 18.4 Å². The number of thiazole rings is 1. The molecule has 1 fully saturated rings. The van der Waals surface area contributed by atoms with E-state index in [9.17, 15) is 9.59 Å². The monoisotopic (exact) mass is 441 g/mol. The lowest BCUT2D eigenvalue weighted by Gasteiger charge is -2.26. The summed E-state index contributed by atoms with van der Waals surface area (Å²) in [5, 5.41) is 4.91. The Kier molecular flexibility index (Phi) is 6.22. The molecule has 4 rings (SSSR count). The number of likely N-dealkylation sites (tertiary alicyclic amines) is 1. The molecule has 0 radical (unpaired) electrons. The number of carbonyl (C=O) groups excluding carboxylic acids is 2. The number of nitrogens with one attached hydrogen (secondary N) is 1. The summed E-state index contributed by atoms with van der Waals surface area (Å²) < 4.78 is 15.9. The van der Waals surface area contributed by atoms with Gasteiger partial charge in [-0.1, -0.05) is 0 Å². The van der Waals surface area contributed by atoms with Crippen molar-refractivity contribution in [3.8, 4) is 11.5 Å².